The number of hydrogen-bond donors (Lipinski definition) is 2. The van der Waals surface area contributed by atoms with Crippen LogP contribution in [0.4, 0.5) is 0 Å². The van der Waals surface area contributed by atoms with E-state index in [2.05, 4.69) is 58.9 Å². The van der Waals surface area contributed by atoms with Crippen molar-refractivity contribution in [3.8, 4) is 0 Å². The molecule has 1 aromatic rings. The molecule has 0 aliphatic heterocycles. The molecule has 0 unspecified atom stereocenters. The summed E-state index contributed by atoms with van der Waals surface area (Å²) in [5, 5.41) is 6.46. The van der Waals surface area contributed by atoms with Gasteiger partial charge in [-0.1, -0.05) is 24.3 Å². The highest BCUT2D eigenvalue weighted by molar-refractivity contribution is 14.0. The van der Waals surface area contributed by atoms with E-state index in [1.54, 1.807) is 14.2 Å². The SMILES string of the molecule is CN=C(NCCOC)NCc1ccc(CN(C)C)cc1.I. The summed E-state index contributed by atoms with van der Waals surface area (Å²) < 4.78 is 5.00. The maximum Gasteiger partial charge on any atom is 0.191 e. The van der Waals surface area contributed by atoms with E-state index < -0.39 is 0 Å². The number of benzene rings is 1. The van der Waals surface area contributed by atoms with Gasteiger partial charge in [-0.05, 0) is 25.2 Å². The van der Waals surface area contributed by atoms with E-state index in [0.29, 0.717) is 6.61 Å². The molecule has 0 atom stereocenters. The highest BCUT2D eigenvalue weighted by Gasteiger charge is 1.99. The Kier molecular flexibility index (Phi) is 11.3. The van der Waals surface area contributed by atoms with E-state index in [1.807, 2.05) is 0 Å². The maximum absolute atomic E-state index is 5.00. The van der Waals surface area contributed by atoms with Crippen molar-refractivity contribution in [2.24, 2.45) is 4.99 Å². The third kappa shape index (κ3) is 8.90. The van der Waals surface area contributed by atoms with Crippen LogP contribution < -0.4 is 10.6 Å². The predicted octanol–water partition coefficient (Wildman–Crippen LogP) is 1.68. The van der Waals surface area contributed by atoms with E-state index in [1.165, 1.54) is 11.1 Å². The molecule has 5 nitrogen and oxygen atoms in total. The van der Waals surface area contributed by atoms with Crippen LogP contribution in [0, 0.1) is 0 Å². The molecule has 0 aromatic heterocycles. The summed E-state index contributed by atoms with van der Waals surface area (Å²) >= 11 is 0. The molecule has 0 aliphatic carbocycles. The molecule has 0 amide bonds. The van der Waals surface area contributed by atoms with Gasteiger partial charge in [-0.3, -0.25) is 4.99 Å². The Hall–Kier alpha value is -0.860. The van der Waals surface area contributed by atoms with Crippen LogP contribution in [0.2, 0.25) is 0 Å². The second-order valence-corrected chi connectivity index (χ2v) is 4.90. The molecule has 0 spiro atoms. The fourth-order valence-corrected chi connectivity index (χ4v) is 1.81. The number of nitrogens with zero attached hydrogens (tertiary/aromatic N) is 2. The van der Waals surface area contributed by atoms with Gasteiger partial charge >= 0.3 is 0 Å². The van der Waals surface area contributed by atoms with E-state index >= 15 is 0 Å². The van der Waals surface area contributed by atoms with Crippen molar-refractivity contribution in [3.63, 3.8) is 0 Å². The minimum atomic E-state index is 0. The topological polar surface area (TPSA) is 48.9 Å². The van der Waals surface area contributed by atoms with Crippen molar-refractivity contribution in [1.82, 2.24) is 15.5 Å². The van der Waals surface area contributed by atoms with Crippen LogP contribution in [-0.4, -0.2) is 52.3 Å². The molecule has 2 N–H and O–H groups in total. The van der Waals surface area contributed by atoms with Crippen molar-refractivity contribution >= 4 is 29.9 Å². The summed E-state index contributed by atoms with van der Waals surface area (Å²) in [6.07, 6.45) is 0. The highest BCUT2D eigenvalue weighted by atomic mass is 127. The standard InChI is InChI=1S/C15H26N4O.HI/c1-16-15(17-9-10-20-4)18-11-13-5-7-14(8-6-13)12-19(2)3;/h5-8H,9-12H2,1-4H3,(H2,16,17,18);1H. The lowest BCUT2D eigenvalue weighted by molar-refractivity contribution is 0.203. The third-order valence-corrected chi connectivity index (χ3v) is 2.80. The molecule has 0 bridgehead atoms. The Labute approximate surface area is 145 Å². The van der Waals surface area contributed by atoms with E-state index in [0.717, 1.165) is 25.6 Å². The Morgan fingerprint density at radius 2 is 1.76 bits per heavy atom. The summed E-state index contributed by atoms with van der Waals surface area (Å²) in [5.41, 5.74) is 2.56. The molecule has 1 rings (SSSR count). The Morgan fingerprint density at radius 3 is 2.29 bits per heavy atom. The zero-order chi connectivity index (χ0) is 14.8. The molecule has 1 aromatic carbocycles. The van der Waals surface area contributed by atoms with Gasteiger partial charge in [0, 0.05) is 33.8 Å². The Balaban J connectivity index is 0.00000400. The highest BCUT2D eigenvalue weighted by Crippen LogP contribution is 2.05. The first-order chi connectivity index (χ1) is 9.65. The lowest BCUT2D eigenvalue weighted by Crippen LogP contribution is -2.38. The first-order valence-corrected chi connectivity index (χ1v) is 6.81. The van der Waals surface area contributed by atoms with Crippen LogP contribution >= 0.6 is 24.0 Å². The predicted molar refractivity (Wildman–Crippen MR) is 99.3 cm³/mol. The molecule has 6 heteroatoms. The average molecular weight is 406 g/mol. The molecule has 0 saturated carbocycles. The lowest BCUT2D eigenvalue weighted by Gasteiger charge is -2.13. The number of aliphatic imine (C=N–C) groups is 1. The molecule has 0 saturated heterocycles. The summed E-state index contributed by atoms with van der Waals surface area (Å²) in [5.74, 6) is 0.791. The van der Waals surface area contributed by atoms with Gasteiger partial charge in [0.05, 0.1) is 6.61 Å². The maximum atomic E-state index is 5.00. The van der Waals surface area contributed by atoms with Gasteiger partial charge in [0.2, 0.25) is 0 Å². The van der Waals surface area contributed by atoms with Gasteiger partial charge in [-0.25, -0.2) is 0 Å². The second kappa shape index (κ2) is 11.8. The molecular formula is C15H27IN4O. The summed E-state index contributed by atoms with van der Waals surface area (Å²) in [6.45, 7) is 3.14. The van der Waals surface area contributed by atoms with Gasteiger partial charge in [0.25, 0.3) is 0 Å². The van der Waals surface area contributed by atoms with E-state index in [-0.39, 0.29) is 24.0 Å². The van der Waals surface area contributed by atoms with Gasteiger partial charge in [-0.15, -0.1) is 24.0 Å². The summed E-state index contributed by atoms with van der Waals surface area (Å²) in [6, 6.07) is 8.62. The molecule has 0 radical (unpaired) electrons. The number of guanidine groups is 1. The van der Waals surface area contributed by atoms with Crippen LogP contribution in [0.5, 0.6) is 0 Å². The van der Waals surface area contributed by atoms with Crippen molar-refractivity contribution in [1.29, 1.82) is 0 Å². The third-order valence-electron chi connectivity index (χ3n) is 2.80. The molecule has 120 valence electrons. The molecule has 21 heavy (non-hydrogen) atoms. The quantitative estimate of drug-likeness (QED) is 0.313. The van der Waals surface area contributed by atoms with Gasteiger partial charge in [0.15, 0.2) is 5.96 Å². The van der Waals surface area contributed by atoms with Gasteiger partial charge < -0.3 is 20.3 Å². The number of halogens is 1. The second-order valence-electron chi connectivity index (χ2n) is 4.90. The number of nitrogens with one attached hydrogen (secondary N) is 2. The number of rotatable bonds is 7. The molecule has 0 fully saturated rings. The first kappa shape index (κ1) is 20.1. The smallest absolute Gasteiger partial charge is 0.191 e. The zero-order valence-electron chi connectivity index (χ0n) is 13.3. The largest absolute Gasteiger partial charge is 0.383 e. The fourth-order valence-electron chi connectivity index (χ4n) is 1.81. The lowest BCUT2D eigenvalue weighted by atomic mass is 10.1. The molecule has 0 heterocycles. The monoisotopic (exact) mass is 406 g/mol. The van der Waals surface area contributed by atoms with Crippen molar-refractivity contribution in [3.05, 3.63) is 35.4 Å². The van der Waals surface area contributed by atoms with Crippen molar-refractivity contribution in [2.75, 3.05) is 41.4 Å². The number of ether oxygens (including phenoxy) is 1. The average Bonchev–Trinajstić information content (AvgIpc) is 2.43. The van der Waals surface area contributed by atoms with Crippen LogP contribution in [0.15, 0.2) is 29.3 Å². The summed E-state index contributed by atoms with van der Waals surface area (Å²) in [4.78, 5) is 6.33. The zero-order valence-corrected chi connectivity index (χ0v) is 15.7. The first-order valence-electron chi connectivity index (χ1n) is 6.81. The van der Waals surface area contributed by atoms with Gasteiger partial charge in [0.1, 0.15) is 0 Å². The van der Waals surface area contributed by atoms with E-state index in [9.17, 15) is 0 Å². The molecular weight excluding hydrogens is 379 g/mol. The normalized spacial score (nSPS) is 11.2. The Bertz CT molecular complexity index is 407. The van der Waals surface area contributed by atoms with E-state index in [4.69, 9.17) is 4.74 Å². The minimum absolute atomic E-state index is 0. The Morgan fingerprint density at radius 1 is 1.14 bits per heavy atom. The number of methoxy groups -OCH3 is 1. The molecule has 0 aliphatic rings. The minimum Gasteiger partial charge on any atom is -0.383 e. The van der Waals surface area contributed by atoms with Gasteiger partial charge in [-0.2, -0.15) is 0 Å². The van der Waals surface area contributed by atoms with Crippen LogP contribution in [0.3, 0.4) is 0 Å². The van der Waals surface area contributed by atoms with Crippen molar-refractivity contribution in [2.45, 2.75) is 13.1 Å². The van der Waals surface area contributed by atoms with Crippen LogP contribution in [-0.2, 0) is 17.8 Å². The van der Waals surface area contributed by atoms with Crippen molar-refractivity contribution < 1.29 is 4.74 Å². The fraction of sp³-hybridized carbons (Fsp3) is 0.533. The van der Waals surface area contributed by atoms with Crippen LogP contribution in [0.1, 0.15) is 11.1 Å². The summed E-state index contributed by atoms with van der Waals surface area (Å²) in [7, 11) is 7.60. The van der Waals surface area contributed by atoms with Crippen LogP contribution in [0.25, 0.3) is 0 Å². The number of hydrogen-bond acceptors (Lipinski definition) is 3.